The van der Waals surface area contributed by atoms with Crippen molar-refractivity contribution >= 4 is 78.0 Å². The monoisotopic (exact) mass is 914 g/mol. The molecule has 14 rings (SSSR count). The van der Waals surface area contributed by atoms with Crippen LogP contribution in [0.2, 0.25) is 0 Å². The Morgan fingerprint density at radius 2 is 0.704 bits per heavy atom. The van der Waals surface area contributed by atoms with E-state index in [9.17, 15) is 0 Å². The van der Waals surface area contributed by atoms with Gasteiger partial charge in [0.05, 0.1) is 27.6 Å². The van der Waals surface area contributed by atoms with Gasteiger partial charge < -0.3 is 18.6 Å². The average molecular weight is 915 g/mol. The van der Waals surface area contributed by atoms with Gasteiger partial charge in [0.25, 0.3) is 0 Å². The minimum atomic E-state index is -0.782. The Morgan fingerprint density at radius 3 is 1.11 bits per heavy atom. The number of furan rings is 2. The van der Waals surface area contributed by atoms with E-state index in [1.54, 1.807) is 0 Å². The molecule has 0 unspecified atom stereocenters. The van der Waals surface area contributed by atoms with Gasteiger partial charge in [-0.3, -0.25) is 0 Å². The second kappa shape index (κ2) is 15.7. The number of fused-ring (bicyclic) bond motifs is 18. The number of anilines is 6. The van der Waals surface area contributed by atoms with E-state index in [1.165, 1.54) is 33.4 Å². The maximum Gasteiger partial charge on any atom is 0.145 e. The Bertz CT molecular complexity index is 3780. The Kier molecular flexibility index (Phi) is 9.16. The highest BCUT2D eigenvalue weighted by molar-refractivity contribution is 6.25. The van der Waals surface area contributed by atoms with Crippen molar-refractivity contribution in [1.29, 1.82) is 0 Å². The van der Waals surface area contributed by atoms with E-state index in [4.69, 9.17) is 8.83 Å². The molecule has 10 aromatic carbocycles. The van der Waals surface area contributed by atoms with Crippen LogP contribution in [0.3, 0.4) is 0 Å². The summed E-state index contributed by atoms with van der Waals surface area (Å²) in [5.41, 5.74) is 21.0. The molecule has 0 aliphatic heterocycles. The van der Waals surface area contributed by atoms with Gasteiger partial charge in [-0.05, 0) is 129 Å². The minimum Gasteiger partial charge on any atom is -0.455 e. The first kappa shape index (κ1) is 41.4. The highest BCUT2D eigenvalue weighted by Gasteiger charge is 2.55. The number of hydrogen-bond acceptors (Lipinski definition) is 4. The van der Waals surface area contributed by atoms with Crippen LogP contribution in [0.5, 0.6) is 0 Å². The minimum absolute atomic E-state index is 0.400. The van der Waals surface area contributed by atoms with E-state index in [0.29, 0.717) is 11.8 Å². The molecular formula is C67H50N2O2. The molecule has 0 bridgehead atoms. The molecule has 0 radical (unpaired) electrons. The van der Waals surface area contributed by atoms with Gasteiger partial charge in [0, 0.05) is 44.6 Å². The Morgan fingerprint density at radius 1 is 0.352 bits per heavy atom. The van der Waals surface area contributed by atoms with Crippen LogP contribution < -0.4 is 9.80 Å². The van der Waals surface area contributed by atoms with Crippen LogP contribution in [0.15, 0.2) is 227 Å². The third-order valence-corrected chi connectivity index (χ3v) is 15.4. The highest BCUT2D eigenvalue weighted by Crippen LogP contribution is 2.68. The Hall–Kier alpha value is -8.60. The molecule has 12 aromatic rings. The van der Waals surface area contributed by atoms with E-state index in [2.05, 4.69) is 256 Å². The summed E-state index contributed by atoms with van der Waals surface area (Å²) in [6.07, 6.45) is 0. The van der Waals surface area contributed by atoms with Crippen LogP contribution in [-0.4, -0.2) is 0 Å². The highest BCUT2D eigenvalue weighted by atomic mass is 16.3. The van der Waals surface area contributed by atoms with E-state index in [0.717, 1.165) is 100 Å². The van der Waals surface area contributed by atoms with Crippen LogP contribution in [0.4, 0.5) is 34.1 Å². The van der Waals surface area contributed by atoms with Crippen LogP contribution in [0.25, 0.3) is 66.1 Å². The molecule has 2 heterocycles. The van der Waals surface area contributed by atoms with E-state index < -0.39 is 5.41 Å². The molecule has 0 N–H and O–H groups in total. The predicted molar refractivity (Wildman–Crippen MR) is 295 cm³/mol. The van der Waals surface area contributed by atoms with Gasteiger partial charge in [-0.15, -0.1) is 0 Å². The zero-order valence-electron chi connectivity index (χ0n) is 40.2. The molecule has 2 aliphatic carbocycles. The number of nitrogens with zero attached hydrogens (tertiary/aromatic N) is 2. The molecule has 0 atom stereocenters. The van der Waals surface area contributed by atoms with Gasteiger partial charge >= 0.3 is 0 Å². The van der Waals surface area contributed by atoms with Crippen LogP contribution in [0.1, 0.15) is 72.9 Å². The zero-order chi connectivity index (χ0) is 47.5. The van der Waals surface area contributed by atoms with Gasteiger partial charge in [-0.2, -0.15) is 0 Å². The molecule has 340 valence electrons. The fourth-order valence-electron chi connectivity index (χ4n) is 12.2. The first-order valence-electron chi connectivity index (χ1n) is 25.0. The summed E-state index contributed by atoms with van der Waals surface area (Å²) in [6, 6.07) is 80.1. The Labute approximate surface area is 413 Å². The second-order valence-electron chi connectivity index (χ2n) is 19.9. The maximum absolute atomic E-state index is 7.44. The molecule has 0 amide bonds. The van der Waals surface area contributed by atoms with Gasteiger partial charge in [-0.25, -0.2) is 0 Å². The van der Waals surface area contributed by atoms with Crippen molar-refractivity contribution in [3.63, 3.8) is 0 Å². The maximum atomic E-state index is 7.44. The average Bonchev–Trinajstić information content (AvgIpc) is 4.16. The van der Waals surface area contributed by atoms with Crippen molar-refractivity contribution in [2.45, 2.75) is 44.9 Å². The van der Waals surface area contributed by atoms with E-state index in [1.807, 2.05) is 0 Å². The summed E-state index contributed by atoms with van der Waals surface area (Å²) in [6.45, 7) is 9.02. The molecule has 2 aromatic heterocycles. The van der Waals surface area contributed by atoms with Gasteiger partial charge in [0.15, 0.2) is 0 Å². The number of benzene rings is 10. The standard InChI is InChI=1S/C67H50N2O2/c1-41(2)43-31-35-47(36-32-43)68(45-19-7-5-8-20-45)57-39-55-63(65-61(57)51-25-13-17-29-59(51)70-65)64-56(67(55)53-27-15-11-23-49(53)50-24-12-16-28-54(50)67)40-58(62-52-26-14-18-30-60(52)71-66(62)64)69(46-21-9-6-10-22-46)48-37-33-44(34-38-48)42(3)4/h5-42H,1-4H3. The predicted octanol–water partition coefficient (Wildman–Crippen LogP) is 19.0. The molecule has 1 spiro atoms. The SMILES string of the molecule is CC(C)c1ccc(N(c2ccccc2)c2cc3c(c4oc5ccccc5c24)-c2c(cc(N(c4ccccc4)c4ccc(C(C)C)cc4)c4c2oc2ccccc24)C32c3ccccc3-c3ccccc32)cc1. The summed E-state index contributed by atoms with van der Waals surface area (Å²) < 4.78 is 14.9. The normalized spacial score (nSPS) is 13.2. The summed E-state index contributed by atoms with van der Waals surface area (Å²) in [4.78, 5) is 4.89. The van der Waals surface area contributed by atoms with Crippen molar-refractivity contribution in [3.8, 4) is 22.3 Å². The van der Waals surface area contributed by atoms with Crippen LogP contribution in [0, 0.1) is 0 Å². The third-order valence-electron chi connectivity index (χ3n) is 15.4. The lowest BCUT2D eigenvalue weighted by Crippen LogP contribution is -2.26. The van der Waals surface area contributed by atoms with Crippen LogP contribution >= 0.6 is 0 Å². The molecular weight excluding hydrogens is 865 g/mol. The molecule has 4 nitrogen and oxygen atoms in total. The van der Waals surface area contributed by atoms with Gasteiger partial charge in [0.1, 0.15) is 22.3 Å². The fraction of sp³-hybridized carbons (Fsp3) is 0.104. The topological polar surface area (TPSA) is 32.8 Å². The number of rotatable bonds is 8. The third kappa shape index (κ3) is 5.91. The smallest absolute Gasteiger partial charge is 0.145 e. The number of para-hydroxylation sites is 4. The summed E-state index contributed by atoms with van der Waals surface area (Å²) in [7, 11) is 0. The van der Waals surface area contributed by atoms with Crippen LogP contribution in [-0.2, 0) is 5.41 Å². The fourth-order valence-corrected chi connectivity index (χ4v) is 12.2. The molecule has 2 aliphatic rings. The van der Waals surface area contributed by atoms with E-state index in [-0.39, 0.29) is 0 Å². The molecule has 0 saturated heterocycles. The van der Waals surface area contributed by atoms with Crippen molar-refractivity contribution in [2.24, 2.45) is 0 Å². The molecule has 0 fully saturated rings. The summed E-state index contributed by atoms with van der Waals surface area (Å²) in [5.74, 6) is 0.800. The summed E-state index contributed by atoms with van der Waals surface area (Å²) >= 11 is 0. The zero-order valence-corrected chi connectivity index (χ0v) is 40.2. The summed E-state index contributed by atoms with van der Waals surface area (Å²) in [5, 5.41) is 4.24. The van der Waals surface area contributed by atoms with Gasteiger partial charge in [-0.1, -0.05) is 173 Å². The largest absolute Gasteiger partial charge is 0.455 e. The van der Waals surface area contributed by atoms with Crippen molar-refractivity contribution in [1.82, 2.24) is 0 Å². The quantitative estimate of drug-likeness (QED) is 0.152. The molecule has 0 saturated carbocycles. The van der Waals surface area contributed by atoms with Gasteiger partial charge in [0.2, 0.25) is 0 Å². The van der Waals surface area contributed by atoms with Crippen molar-refractivity contribution < 1.29 is 8.83 Å². The lowest BCUT2D eigenvalue weighted by Gasteiger charge is -2.33. The lowest BCUT2D eigenvalue weighted by atomic mass is 9.70. The molecule has 71 heavy (non-hydrogen) atoms. The second-order valence-corrected chi connectivity index (χ2v) is 19.9. The number of hydrogen-bond donors (Lipinski definition) is 0. The first-order chi connectivity index (χ1) is 34.9. The van der Waals surface area contributed by atoms with Crippen molar-refractivity contribution in [3.05, 3.63) is 252 Å². The molecule has 4 heteroatoms. The lowest BCUT2D eigenvalue weighted by molar-refractivity contribution is 0.665. The Balaban J connectivity index is 1.19. The van der Waals surface area contributed by atoms with Crippen molar-refractivity contribution in [2.75, 3.05) is 9.80 Å². The first-order valence-corrected chi connectivity index (χ1v) is 25.0. The van der Waals surface area contributed by atoms with E-state index >= 15 is 0 Å².